The Hall–Kier alpha value is -1.19. The monoisotopic (exact) mass is 304 g/mol. The molecule has 22 heavy (non-hydrogen) atoms. The number of carbonyl (C=O) groups is 1. The van der Waals surface area contributed by atoms with Gasteiger partial charge in [0.25, 0.3) is 0 Å². The van der Waals surface area contributed by atoms with Gasteiger partial charge >= 0.3 is 0 Å². The fourth-order valence-corrected chi connectivity index (χ4v) is 3.97. The van der Waals surface area contributed by atoms with Crippen LogP contribution in [0.1, 0.15) is 39.5 Å². The third kappa shape index (κ3) is 3.76. The third-order valence-corrected chi connectivity index (χ3v) is 5.05. The zero-order chi connectivity index (χ0) is 16.3. The second-order valence-electron chi connectivity index (χ2n) is 6.88. The van der Waals surface area contributed by atoms with E-state index < -0.39 is 6.10 Å². The fourth-order valence-electron chi connectivity index (χ4n) is 3.97. The standard InChI is InChI=1S/C19H28O3/c1-4-6-12(2)9-14(20)7-5-8-15-16-10-13(3)19(22)17(16)11-18(15)21/h4-6,8,12,14-18,20-21H,3,7,9-11H2,1-2H3/t12?,14?,15-,16-,17-,18+/m0/s1. The lowest BCUT2D eigenvalue weighted by Crippen LogP contribution is -2.17. The molecule has 2 fully saturated rings. The highest BCUT2D eigenvalue weighted by Gasteiger charge is 2.49. The number of Topliss-reactive ketones (excluding diaryl/α,β-unsaturated/α-hetero) is 1. The lowest BCUT2D eigenvalue weighted by Gasteiger charge is -2.17. The number of carbonyl (C=O) groups excluding carboxylic acids is 1. The highest BCUT2D eigenvalue weighted by molar-refractivity contribution is 5.99. The minimum Gasteiger partial charge on any atom is -0.393 e. The molecule has 2 saturated carbocycles. The molecule has 3 heteroatoms. The van der Waals surface area contributed by atoms with Crippen molar-refractivity contribution >= 4 is 5.78 Å². The second kappa shape index (κ2) is 7.38. The number of aliphatic hydroxyl groups excluding tert-OH is 2. The van der Waals surface area contributed by atoms with Crippen molar-refractivity contribution in [3.8, 4) is 0 Å². The van der Waals surface area contributed by atoms with Gasteiger partial charge in [0.15, 0.2) is 5.78 Å². The third-order valence-electron chi connectivity index (χ3n) is 5.05. The van der Waals surface area contributed by atoms with E-state index in [1.165, 1.54) is 0 Å². The molecule has 0 saturated heterocycles. The van der Waals surface area contributed by atoms with E-state index in [4.69, 9.17) is 0 Å². The minimum absolute atomic E-state index is 0.0216. The largest absolute Gasteiger partial charge is 0.393 e. The van der Waals surface area contributed by atoms with Gasteiger partial charge in [-0.05, 0) is 50.0 Å². The Labute approximate surface area is 133 Å². The maximum absolute atomic E-state index is 12.0. The van der Waals surface area contributed by atoms with E-state index in [1.807, 2.05) is 25.2 Å². The van der Waals surface area contributed by atoms with Crippen molar-refractivity contribution in [2.45, 2.75) is 51.7 Å². The minimum atomic E-state index is -0.442. The van der Waals surface area contributed by atoms with E-state index in [0.717, 1.165) is 6.42 Å². The molecule has 0 heterocycles. The van der Waals surface area contributed by atoms with Gasteiger partial charge in [-0.1, -0.05) is 37.8 Å². The van der Waals surface area contributed by atoms with Crippen molar-refractivity contribution in [1.29, 1.82) is 0 Å². The maximum Gasteiger partial charge on any atom is 0.161 e. The molecule has 122 valence electrons. The van der Waals surface area contributed by atoms with Crippen molar-refractivity contribution in [3.05, 3.63) is 36.5 Å². The van der Waals surface area contributed by atoms with Crippen LogP contribution in [-0.2, 0) is 4.79 Å². The zero-order valence-corrected chi connectivity index (χ0v) is 13.6. The Balaban J connectivity index is 1.87. The van der Waals surface area contributed by atoms with E-state index in [0.29, 0.717) is 30.8 Å². The van der Waals surface area contributed by atoms with Gasteiger partial charge < -0.3 is 10.2 Å². The van der Waals surface area contributed by atoms with Crippen LogP contribution in [0.25, 0.3) is 0 Å². The summed E-state index contributed by atoms with van der Waals surface area (Å²) >= 11 is 0. The summed E-state index contributed by atoms with van der Waals surface area (Å²) in [5, 5.41) is 20.2. The van der Waals surface area contributed by atoms with E-state index >= 15 is 0 Å². The van der Waals surface area contributed by atoms with E-state index in [9.17, 15) is 15.0 Å². The number of ketones is 1. The van der Waals surface area contributed by atoms with Crippen molar-refractivity contribution in [3.63, 3.8) is 0 Å². The van der Waals surface area contributed by atoms with Gasteiger partial charge in [-0.2, -0.15) is 0 Å². The summed E-state index contributed by atoms with van der Waals surface area (Å²) < 4.78 is 0. The molecule has 0 amide bonds. The van der Waals surface area contributed by atoms with Crippen LogP contribution in [-0.4, -0.2) is 28.2 Å². The molecule has 2 aliphatic rings. The van der Waals surface area contributed by atoms with Crippen LogP contribution in [0.4, 0.5) is 0 Å². The van der Waals surface area contributed by atoms with Gasteiger partial charge in [0.1, 0.15) is 0 Å². The first-order valence-corrected chi connectivity index (χ1v) is 8.31. The van der Waals surface area contributed by atoms with Gasteiger partial charge in [-0.15, -0.1) is 0 Å². The van der Waals surface area contributed by atoms with E-state index in [1.54, 1.807) is 0 Å². The van der Waals surface area contributed by atoms with Crippen LogP contribution in [0.2, 0.25) is 0 Å². The van der Waals surface area contributed by atoms with Crippen molar-refractivity contribution in [2.24, 2.45) is 23.7 Å². The molecule has 2 unspecified atom stereocenters. The maximum atomic E-state index is 12.0. The molecule has 2 rings (SSSR count). The highest BCUT2D eigenvalue weighted by Crippen LogP contribution is 2.48. The van der Waals surface area contributed by atoms with Gasteiger partial charge in [0.05, 0.1) is 12.2 Å². The molecule has 2 N–H and O–H groups in total. The lowest BCUT2D eigenvalue weighted by molar-refractivity contribution is -0.118. The molecule has 0 bridgehead atoms. The Morgan fingerprint density at radius 1 is 1.45 bits per heavy atom. The molecule has 0 aromatic carbocycles. The summed E-state index contributed by atoms with van der Waals surface area (Å²) in [6.45, 7) is 7.91. The molecule has 0 aromatic rings. The van der Waals surface area contributed by atoms with Gasteiger partial charge in [0.2, 0.25) is 0 Å². The van der Waals surface area contributed by atoms with Crippen molar-refractivity contribution < 1.29 is 15.0 Å². The predicted octanol–water partition coefficient (Wildman–Crippen LogP) is 3.04. The fraction of sp³-hybridized carbons (Fsp3) is 0.632. The Bertz CT molecular complexity index is 477. The quantitative estimate of drug-likeness (QED) is 0.586. The number of allylic oxidation sites excluding steroid dienone is 3. The van der Waals surface area contributed by atoms with Crippen molar-refractivity contribution in [2.75, 3.05) is 0 Å². The second-order valence-corrected chi connectivity index (χ2v) is 6.88. The molecule has 0 spiro atoms. The molecule has 0 aliphatic heterocycles. The van der Waals surface area contributed by atoms with Crippen LogP contribution in [0, 0.1) is 23.7 Å². The lowest BCUT2D eigenvalue weighted by atomic mass is 9.90. The molecule has 2 aliphatic carbocycles. The Kier molecular flexibility index (Phi) is 5.76. The van der Waals surface area contributed by atoms with Crippen LogP contribution in [0.5, 0.6) is 0 Å². The van der Waals surface area contributed by atoms with Gasteiger partial charge in [-0.25, -0.2) is 0 Å². The van der Waals surface area contributed by atoms with Crippen molar-refractivity contribution in [1.82, 2.24) is 0 Å². The molecular weight excluding hydrogens is 276 g/mol. The molecule has 0 aromatic heterocycles. The van der Waals surface area contributed by atoms with E-state index in [2.05, 4.69) is 19.6 Å². The van der Waals surface area contributed by atoms with Crippen LogP contribution < -0.4 is 0 Å². The number of hydrogen-bond acceptors (Lipinski definition) is 3. The molecule has 0 radical (unpaired) electrons. The van der Waals surface area contributed by atoms with Gasteiger partial charge in [0, 0.05) is 11.8 Å². The number of aliphatic hydroxyl groups is 2. The first-order valence-electron chi connectivity index (χ1n) is 8.31. The summed E-state index contributed by atoms with van der Waals surface area (Å²) in [6.07, 6.45) is 9.86. The first-order chi connectivity index (χ1) is 10.4. The molecular formula is C19H28O3. The number of hydrogen-bond donors (Lipinski definition) is 2. The summed E-state index contributed by atoms with van der Waals surface area (Å²) in [7, 11) is 0. The summed E-state index contributed by atoms with van der Waals surface area (Å²) in [5.41, 5.74) is 0.709. The SMILES string of the molecule is C=C1C[C@H]2[C@H](C=CCC(O)CC(C)C=CC)[C@H](O)C[C@@H]2C1=O. The highest BCUT2D eigenvalue weighted by atomic mass is 16.3. The molecule has 3 nitrogen and oxygen atoms in total. The van der Waals surface area contributed by atoms with E-state index in [-0.39, 0.29) is 29.6 Å². The first kappa shape index (κ1) is 17.2. The summed E-state index contributed by atoms with van der Waals surface area (Å²) in [4.78, 5) is 12.0. The summed E-state index contributed by atoms with van der Waals surface area (Å²) in [6, 6.07) is 0. The molecule has 6 atom stereocenters. The summed E-state index contributed by atoms with van der Waals surface area (Å²) in [5.74, 6) is 0.682. The number of rotatable bonds is 6. The Morgan fingerprint density at radius 3 is 2.86 bits per heavy atom. The smallest absolute Gasteiger partial charge is 0.161 e. The normalized spacial score (nSPS) is 34.7. The van der Waals surface area contributed by atoms with Crippen LogP contribution in [0.3, 0.4) is 0 Å². The zero-order valence-electron chi connectivity index (χ0n) is 13.6. The van der Waals surface area contributed by atoms with Crippen LogP contribution in [0.15, 0.2) is 36.5 Å². The average Bonchev–Trinajstić information content (AvgIpc) is 2.88. The number of fused-ring (bicyclic) bond motifs is 1. The predicted molar refractivity (Wildman–Crippen MR) is 88.2 cm³/mol. The topological polar surface area (TPSA) is 57.5 Å². The van der Waals surface area contributed by atoms with Gasteiger partial charge in [-0.3, -0.25) is 4.79 Å². The Morgan fingerprint density at radius 2 is 2.18 bits per heavy atom. The van der Waals surface area contributed by atoms with Crippen LogP contribution >= 0.6 is 0 Å². The average molecular weight is 304 g/mol.